The number of piperazine rings is 1. The van der Waals surface area contributed by atoms with Gasteiger partial charge in [0.25, 0.3) is 0 Å². The smallest absolute Gasteiger partial charge is 0.0536 e. The van der Waals surface area contributed by atoms with Crippen molar-refractivity contribution in [3.8, 4) is 0 Å². The molecule has 0 amide bonds. The van der Waals surface area contributed by atoms with E-state index in [-0.39, 0.29) is 12.4 Å². The highest BCUT2D eigenvalue weighted by Gasteiger charge is 2.16. The Hall–Kier alpha value is -0.580. The van der Waals surface area contributed by atoms with Crippen molar-refractivity contribution in [3.05, 3.63) is 18.0 Å². The Morgan fingerprint density at radius 3 is 2.94 bits per heavy atom. The van der Waals surface area contributed by atoms with Gasteiger partial charge in [-0.15, -0.1) is 12.4 Å². The first-order valence-corrected chi connectivity index (χ1v) is 5.69. The average molecular weight is 245 g/mol. The Labute approximate surface area is 103 Å². The van der Waals surface area contributed by atoms with Crippen LogP contribution in [-0.4, -0.2) is 46.9 Å². The molecule has 4 nitrogen and oxygen atoms in total. The third kappa shape index (κ3) is 3.47. The summed E-state index contributed by atoms with van der Waals surface area (Å²) in [5.74, 6) is 0. The Bertz CT molecular complexity index is 313. The van der Waals surface area contributed by atoms with Crippen LogP contribution in [0.1, 0.15) is 12.5 Å². The molecule has 0 radical (unpaired) electrons. The predicted molar refractivity (Wildman–Crippen MR) is 68.1 cm³/mol. The van der Waals surface area contributed by atoms with Gasteiger partial charge in [-0.2, -0.15) is 5.10 Å². The zero-order chi connectivity index (χ0) is 10.7. The quantitative estimate of drug-likeness (QED) is 0.858. The molecule has 1 aliphatic rings. The predicted octanol–water partition coefficient (Wildman–Crippen LogP) is 0.907. The van der Waals surface area contributed by atoms with Crippen molar-refractivity contribution in [3.63, 3.8) is 0 Å². The molecular formula is C11H21ClN4. The topological polar surface area (TPSA) is 33.1 Å². The zero-order valence-corrected chi connectivity index (χ0v) is 10.8. The minimum absolute atomic E-state index is 0. The molecule has 2 heterocycles. The second-order valence-electron chi connectivity index (χ2n) is 4.37. The molecular weight excluding hydrogens is 224 g/mol. The molecule has 0 saturated carbocycles. The highest BCUT2D eigenvalue weighted by molar-refractivity contribution is 5.85. The molecule has 0 aromatic carbocycles. The molecule has 16 heavy (non-hydrogen) atoms. The van der Waals surface area contributed by atoms with E-state index in [9.17, 15) is 0 Å². The summed E-state index contributed by atoms with van der Waals surface area (Å²) in [6.45, 7) is 9.83. The van der Waals surface area contributed by atoms with Gasteiger partial charge in [0.2, 0.25) is 0 Å². The SMILES string of the molecule is Cc1cnn(CCN2CCNCC2C)c1.Cl. The van der Waals surface area contributed by atoms with E-state index in [1.54, 1.807) is 0 Å². The molecule has 1 aromatic rings. The Morgan fingerprint density at radius 2 is 2.31 bits per heavy atom. The van der Waals surface area contributed by atoms with Gasteiger partial charge < -0.3 is 5.32 Å². The van der Waals surface area contributed by atoms with Crippen LogP contribution in [-0.2, 0) is 6.54 Å². The van der Waals surface area contributed by atoms with Crippen LogP contribution in [0, 0.1) is 6.92 Å². The summed E-state index contributed by atoms with van der Waals surface area (Å²) in [6, 6.07) is 0.649. The lowest BCUT2D eigenvalue weighted by molar-refractivity contribution is 0.166. The maximum Gasteiger partial charge on any atom is 0.0536 e. The summed E-state index contributed by atoms with van der Waals surface area (Å²) >= 11 is 0. The maximum absolute atomic E-state index is 4.30. The van der Waals surface area contributed by atoms with Crippen molar-refractivity contribution >= 4 is 12.4 Å². The van der Waals surface area contributed by atoms with E-state index in [1.165, 1.54) is 5.56 Å². The van der Waals surface area contributed by atoms with E-state index in [0.29, 0.717) is 6.04 Å². The molecule has 1 aliphatic heterocycles. The molecule has 2 rings (SSSR count). The maximum atomic E-state index is 4.30. The van der Waals surface area contributed by atoms with E-state index in [1.807, 2.05) is 10.9 Å². The summed E-state index contributed by atoms with van der Waals surface area (Å²) in [5.41, 5.74) is 1.24. The van der Waals surface area contributed by atoms with Crippen LogP contribution in [0.3, 0.4) is 0 Å². The van der Waals surface area contributed by atoms with Crippen LogP contribution < -0.4 is 5.32 Å². The molecule has 0 aliphatic carbocycles. The number of halogens is 1. The Balaban J connectivity index is 0.00000128. The van der Waals surface area contributed by atoms with Crippen LogP contribution in [0.4, 0.5) is 0 Å². The third-order valence-corrected chi connectivity index (χ3v) is 3.02. The highest BCUT2D eigenvalue weighted by Crippen LogP contribution is 2.03. The lowest BCUT2D eigenvalue weighted by atomic mass is 10.2. The van der Waals surface area contributed by atoms with Gasteiger partial charge in [0.1, 0.15) is 0 Å². The fourth-order valence-corrected chi connectivity index (χ4v) is 2.04. The van der Waals surface area contributed by atoms with Crippen LogP contribution >= 0.6 is 12.4 Å². The van der Waals surface area contributed by atoms with Gasteiger partial charge in [-0.05, 0) is 19.4 Å². The Morgan fingerprint density at radius 1 is 1.50 bits per heavy atom. The molecule has 1 atom stereocenters. The third-order valence-electron chi connectivity index (χ3n) is 3.02. The van der Waals surface area contributed by atoms with Gasteiger partial charge in [0, 0.05) is 38.4 Å². The highest BCUT2D eigenvalue weighted by atomic mass is 35.5. The largest absolute Gasteiger partial charge is 0.314 e. The molecule has 0 bridgehead atoms. The normalized spacial score (nSPS) is 21.8. The van der Waals surface area contributed by atoms with Crippen molar-refractivity contribution in [2.24, 2.45) is 0 Å². The Kier molecular flexibility index (Phi) is 5.25. The number of rotatable bonds is 3. The number of nitrogens with one attached hydrogen (secondary N) is 1. The standard InChI is InChI=1S/C11H20N4.ClH/c1-10-7-13-15(9-10)6-5-14-4-3-12-8-11(14)2;/h7,9,11-12H,3-6,8H2,1-2H3;1H. The minimum Gasteiger partial charge on any atom is -0.314 e. The van der Waals surface area contributed by atoms with Gasteiger partial charge in [0.15, 0.2) is 0 Å². The monoisotopic (exact) mass is 244 g/mol. The van der Waals surface area contributed by atoms with Crippen LogP contribution in [0.25, 0.3) is 0 Å². The molecule has 1 saturated heterocycles. The minimum atomic E-state index is 0. The van der Waals surface area contributed by atoms with Crippen molar-refractivity contribution in [2.75, 3.05) is 26.2 Å². The van der Waals surface area contributed by atoms with E-state index >= 15 is 0 Å². The molecule has 1 aromatic heterocycles. The summed E-state index contributed by atoms with van der Waals surface area (Å²) in [4.78, 5) is 2.52. The molecule has 5 heteroatoms. The molecule has 0 spiro atoms. The van der Waals surface area contributed by atoms with Crippen molar-refractivity contribution < 1.29 is 0 Å². The van der Waals surface area contributed by atoms with Gasteiger partial charge in [-0.25, -0.2) is 0 Å². The molecule has 92 valence electrons. The van der Waals surface area contributed by atoms with Gasteiger partial charge >= 0.3 is 0 Å². The summed E-state index contributed by atoms with van der Waals surface area (Å²) in [6.07, 6.45) is 4.02. The molecule has 1 fully saturated rings. The van der Waals surface area contributed by atoms with Gasteiger partial charge in [-0.3, -0.25) is 9.58 Å². The summed E-state index contributed by atoms with van der Waals surface area (Å²) < 4.78 is 2.03. The number of aryl methyl sites for hydroxylation is 1. The number of aromatic nitrogens is 2. The van der Waals surface area contributed by atoms with Crippen molar-refractivity contribution in [1.29, 1.82) is 0 Å². The van der Waals surface area contributed by atoms with E-state index < -0.39 is 0 Å². The van der Waals surface area contributed by atoms with E-state index in [4.69, 9.17) is 0 Å². The fraction of sp³-hybridized carbons (Fsp3) is 0.727. The van der Waals surface area contributed by atoms with Gasteiger partial charge in [-0.1, -0.05) is 0 Å². The zero-order valence-electron chi connectivity index (χ0n) is 10.0. The van der Waals surface area contributed by atoms with Crippen LogP contribution in [0.15, 0.2) is 12.4 Å². The second-order valence-corrected chi connectivity index (χ2v) is 4.37. The van der Waals surface area contributed by atoms with Crippen LogP contribution in [0.2, 0.25) is 0 Å². The first kappa shape index (κ1) is 13.5. The van der Waals surface area contributed by atoms with E-state index in [0.717, 1.165) is 32.7 Å². The first-order chi connectivity index (χ1) is 7.25. The van der Waals surface area contributed by atoms with Crippen molar-refractivity contribution in [1.82, 2.24) is 20.0 Å². The average Bonchev–Trinajstić information content (AvgIpc) is 2.63. The van der Waals surface area contributed by atoms with E-state index in [2.05, 4.69) is 35.4 Å². The lowest BCUT2D eigenvalue weighted by Gasteiger charge is -2.33. The van der Waals surface area contributed by atoms with Crippen LogP contribution in [0.5, 0.6) is 0 Å². The lowest BCUT2D eigenvalue weighted by Crippen LogP contribution is -2.50. The second kappa shape index (κ2) is 6.23. The molecule has 1 unspecified atom stereocenters. The first-order valence-electron chi connectivity index (χ1n) is 5.69. The summed E-state index contributed by atoms with van der Waals surface area (Å²) in [7, 11) is 0. The number of hydrogen-bond acceptors (Lipinski definition) is 3. The number of nitrogens with zero attached hydrogens (tertiary/aromatic N) is 3. The number of hydrogen-bond donors (Lipinski definition) is 1. The van der Waals surface area contributed by atoms with Crippen molar-refractivity contribution in [2.45, 2.75) is 26.4 Å². The summed E-state index contributed by atoms with van der Waals surface area (Å²) in [5, 5.41) is 7.70. The van der Waals surface area contributed by atoms with Gasteiger partial charge in [0.05, 0.1) is 12.7 Å². The molecule has 1 N–H and O–H groups in total. The fourth-order valence-electron chi connectivity index (χ4n) is 2.04.